The smallest absolute Gasteiger partial charge is 0.0759 e. The molecular formula is C21H24N2S. The van der Waals surface area contributed by atoms with Crippen LogP contribution < -0.4 is 0 Å². The van der Waals surface area contributed by atoms with Gasteiger partial charge in [0.1, 0.15) is 0 Å². The molecule has 0 saturated heterocycles. The molecular weight excluding hydrogens is 312 g/mol. The molecule has 0 N–H and O–H groups in total. The number of fused-ring (bicyclic) bond motifs is 1. The number of nitrogens with zero attached hydrogens (tertiary/aromatic N) is 2. The third-order valence-electron chi connectivity index (χ3n) is 5.14. The van der Waals surface area contributed by atoms with Gasteiger partial charge < -0.3 is 4.57 Å². The molecule has 3 heterocycles. The highest BCUT2D eigenvalue weighted by atomic mass is 32.1. The van der Waals surface area contributed by atoms with Crippen LogP contribution in [0.15, 0.2) is 54.0 Å². The number of rotatable bonds is 3. The van der Waals surface area contributed by atoms with E-state index in [9.17, 15) is 0 Å². The summed E-state index contributed by atoms with van der Waals surface area (Å²) in [6.07, 6.45) is 3.44. The van der Waals surface area contributed by atoms with E-state index >= 15 is 0 Å². The molecule has 4 rings (SSSR count). The van der Waals surface area contributed by atoms with Gasteiger partial charge in [0.15, 0.2) is 0 Å². The normalized spacial score (nSPS) is 18.3. The van der Waals surface area contributed by atoms with Gasteiger partial charge in [-0.25, -0.2) is 0 Å². The molecule has 3 heteroatoms. The summed E-state index contributed by atoms with van der Waals surface area (Å²) < 4.78 is 2.44. The van der Waals surface area contributed by atoms with Gasteiger partial charge in [-0.2, -0.15) is 0 Å². The summed E-state index contributed by atoms with van der Waals surface area (Å²) in [5, 5.41) is 2.18. The lowest BCUT2D eigenvalue weighted by atomic mass is 9.97. The summed E-state index contributed by atoms with van der Waals surface area (Å²) in [6.45, 7) is 7.69. The molecule has 0 fully saturated rings. The Morgan fingerprint density at radius 3 is 2.75 bits per heavy atom. The molecule has 1 aromatic carbocycles. The third kappa shape index (κ3) is 2.94. The second-order valence-electron chi connectivity index (χ2n) is 6.78. The van der Waals surface area contributed by atoms with Crippen LogP contribution >= 0.6 is 11.3 Å². The maximum absolute atomic E-state index is 2.65. The van der Waals surface area contributed by atoms with Gasteiger partial charge in [-0.05, 0) is 60.5 Å². The van der Waals surface area contributed by atoms with Gasteiger partial charge in [0.05, 0.1) is 6.04 Å². The second-order valence-corrected chi connectivity index (χ2v) is 7.81. The molecule has 0 radical (unpaired) electrons. The summed E-state index contributed by atoms with van der Waals surface area (Å²) in [5.41, 5.74) is 5.59. The van der Waals surface area contributed by atoms with Gasteiger partial charge in [0, 0.05) is 36.4 Å². The lowest BCUT2D eigenvalue weighted by Gasteiger charge is -2.30. The third-order valence-corrected chi connectivity index (χ3v) is 6.00. The molecule has 1 aliphatic heterocycles. The Morgan fingerprint density at radius 1 is 1.04 bits per heavy atom. The lowest BCUT2D eigenvalue weighted by Crippen LogP contribution is -2.29. The van der Waals surface area contributed by atoms with E-state index in [2.05, 4.69) is 77.4 Å². The van der Waals surface area contributed by atoms with Crippen molar-refractivity contribution in [3.05, 3.63) is 81.3 Å². The number of hydrogen-bond donors (Lipinski definition) is 0. The van der Waals surface area contributed by atoms with Crippen molar-refractivity contribution in [2.24, 2.45) is 0 Å². The molecule has 2 nitrogen and oxygen atoms in total. The Hall–Kier alpha value is -1.84. The molecule has 0 bridgehead atoms. The molecule has 124 valence electrons. The Bertz CT molecular complexity index is 816. The highest BCUT2D eigenvalue weighted by Crippen LogP contribution is 2.34. The lowest BCUT2D eigenvalue weighted by molar-refractivity contribution is 0.222. The SMILES string of the molecule is Cc1ccc([C@@H]2c3cccn3CCCN2Cc2cccs2)cc1C. The number of aromatic nitrogens is 1. The Kier molecular flexibility index (Phi) is 4.30. The topological polar surface area (TPSA) is 8.17 Å². The highest BCUT2D eigenvalue weighted by molar-refractivity contribution is 7.09. The van der Waals surface area contributed by atoms with Gasteiger partial charge >= 0.3 is 0 Å². The van der Waals surface area contributed by atoms with Gasteiger partial charge in [-0.1, -0.05) is 24.3 Å². The van der Waals surface area contributed by atoms with Crippen molar-refractivity contribution in [1.29, 1.82) is 0 Å². The van der Waals surface area contributed by atoms with Crippen molar-refractivity contribution in [1.82, 2.24) is 9.47 Å². The molecule has 0 amide bonds. The van der Waals surface area contributed by atoms with Crippen LogP contribution in [-0.4, -0.2) is 16.0 Å². The molecule has 24 heavy (non-hydrogen) atoms. The Balaban J connectivity index is 1.77. The Labute approximate surface area is 148 Å². The van der Waals surface area contributed by atoms with Crippen molar-refractivity contribution in [3.8, 4) is 0 Å². The average Bonchev–Trinajstić information content (AvgIpc) is 3.21. The maximum atomic E-state index is 2.65. The van der Waals surface area contributed by atoms with Crippen LogP contribution in [-0.2, 0) is 13.1 Å². The van der Waals surface area contributed by atoms with Crippen molar-refractivity contribution in [2.45, 2.75) is 39.4 Å². The zero-order chi connectivity index (χ0) is 16.5. The quantitative estimate of drug-likeness (QED) is 0.641. The fourth-order valence-corrected chi connectivity index (χ4v) is 4.46. The number of thiophene rings is 1. The van der Waals surface area contributed by atoms with Crippen LogP contribution in [0.4, 0.5) is 0 Å². The van der Waals surface area contributed by atoms with E-state index in [-0.39, 0.29) is 0 Å². The molecule has 0 aliphatic carbocycles. The minimum Gasteiger partial charge on any atom is -0.350 e. The van der Waals surface area contributed by atoms with Crippen LogP contribution in [0, 0.1) is 13.8 Å². The largest absolute Gasteiger partial charge is 0.350 e. The van der Waals surface area contributed by atoms with E-state index in [4.69, 9.17) is 0 Å². The molecule has 1 aliphatic rings. The van der Waals surface area contributed by atoms with Gasteiger partial charge in [0.25, 0.3) is 0 Å². The van der Waals surface area contributed by atoms with Crippen LogP contribution in [0.3, 0.4) is 0 Å². The first kappa shape index (κ1) is 15.7. The number of aryl methyl sites for hydroxylation is 3. The maximum Gasteiger partial charge on any atom is 0.0759 e. The fourth-order valence-electron chi connectivity index (χ4n) is 3.73. The van der Waals surface area contributed by atoms with Crippen LogP contribution in [0.1, 0.15) is 39.7 Å². The van der Waals surface area contributed by atoms with Gasteiger partial charge in [-0.3, -0.25) is 4.90 Å². The molecule has 2 aromatic heterocycles. The first-order valence-corrected chi connectivity index (χ1v) is 9.59. The van der Waals surface area contributed by atoms with E-state index in [1.165, 1.54) is 33.7 Å². The summed E-state index contributed by atoms with van der Waals surface area (Å²) in [6, 6.07) is 16.2. The van der Waals surface area contributed by atoms with E-state index in [0.29, 0.717) is 6.04 Å². The monoisotopic (exact) mass is 336 g/mol. The van der Waals surface area contributed by atoms with Crippen molar-refractivity contribution in [2.75, 3.05) is 6.54 Å². The first-order valence-electron chi connectivity index (χ1n) is 8.71. The number of hydrogen-bond acceptors (Lipinski definition) is 2. The second kappa shape index (κ2) is 6.58. The predicted molar refractivity (Wildman–Crippen MR) is 102 cm³/mol. The average molecular weight is 337 g/mol. The number of benzene rings is 1. The molecule has 0 saturated carbocycles. The molecule has 0 spiro atoms. The van der Waals surface area contributed by atoms with Crippen LogP contribution in [0.5, 0.6) is 0 Å². The molecule has 1 atom stereocenters. The molecule has 3 aromatic rings. The minimum atomic E-state index is 0.337. The van der Waals surface area contributed by atoms with Crippen LogP contribution in [0.25, 0.3) is 0 Å². The minimum absolute atomic E-state index is 0.337. The zero-order valence-corrected chi connectivity index (χ0v) is 15.2. The van der Waals surface area contributed by atoms with Crippen molar-refractivity contribution in [3.63, 3.8) is 0 Å². The Morgan fingerprint density at radius 2 is 1.96 bits per heavy atom. The summed E-state index contributed by atoms with van der Waals surface area (Å²) >= 11 is 1.86. The van der Waals surface area contributed by atoms with Crippen molar-refractivity contribution >= 4 is 11.3 Å². The molecule has 0 unspecified atom stereocenters. The summed E-state index contributed by atoms with van der Waals surface area (Å²) in [5.74, 6) is 0. The van der Waals surface area contributed by atoms with E-state index in [0.717, 1.165) is 19.6 Å². The summed E-state index contributed by atoms with van der Waals surface area (Å²) in [4.78, 5) is 4.10. The first-order chi connectivity index (χ1) is 11.7. The van der Waals surface area contributed by atoms with E-state index in [1.54, 1.807) is 0 Å². The van der Waals surface area contributed by atoms with Crippen LogP contribution in [0.2, 0.25) is 0 Å². The predicted octanol–water partition coefficient (Wildman–Crippen LogP) is 5.16. The standard InChI is InChI=1S/C21H24N2S/c1-16-8-9-18(14-17(16)2)21-20-7-3-10-22(20)11-5-12-23(21)15-19-6-4-13-24-19/h3-4,6-10,13-14,21H,5,11-12,15H2,1-2H3/t21-/m1/s1. The highest BCUT2D eigenvalue weighted by Gasteiger charge is 2.27. The van der Waals surface area contributed by atoms with E-state index < -0.39 is 0 Å². The van der Waals surface area contributed by atoms with Gasteiger partial charge in [0.2, 0.25) is 0 Å². The van der Waals surface area contributed by atoms with E-state index in [1.807, 2.05) is 11.3 Å². The van der Waals surface area contributed by atoms with Gasteiger partial charge in [-0.15, -0.1) is 11.3 Å². The van der Waals surface area contributed by atoms with Crippen molar-refractivity contribution < 1.29 is 0 Å². The summed E-state index contributed by atoms with van der Waals surface area (Å²) in [7, 11) is 0. The fraction of sp³-hybridized carbons (Fsp3) is 0.333. The zero-order valence-electron chi connectivity index (χ0n) is 14.4.